The normalized spacial score (nSPS) is 50.3. The first-order valence-electron chi connectivity index (χ1n) is 9.62. The van der Waals surface area contributed by atoms with Gasteiger partial charge in [-0.15, -0.1) is 0 Å². The first-order valence-corrected chi connectivity index (χ1v) is 9.62. The second kappa shape index (κ2) is 5.22. The monoisotopic (exact) mass is 334 g/mol. The first-order chi connectivity index (χ1) is 11.3. The van der Waals surface area contributed by atoms with Gasteiger partial charge in [0.05, 0.1) is 18.9 Å². The van der Waals surface area contributed by atoms with Gasteiger partial charge in [-0.1, -0.05) is 6.42 Å². The zero-order chi connectivity index (χ0) is 17.2. The highest BCUT2D eigenvalue weighted by Gasteiger charge is 2.62. The third-order valence-electron chi connectivity index (χ3n) is 8.04. The molecule has 3 saturated carbocycles. The molecule has 4 rings (SSSR count). The highest BCUT2D eigenvalue weighted by Crippen LogP contribution is 2.65. The zero-order valence-corrected chi connectivity index (χ0v) is 15.2. The number of ether oxygens (including phenoxy) is 2. The lowest BCUT2D eigenvalue weighted by Crippen LogP contribution is -2.60. The fourth-order valence-corrected chi connectivity index (χ4v) is 7.15. The molecule has 1 unspecified atom stereocenters. The summed E-state index contributed by atoms with van der Waals surface area (Å²) in [7, 11) is 1.52. The number of rotatable bonds is 1. The van der Waals surface area contributed by atoms with Gasteiger partial charge >= 0.3 is 11.9 Å². The quantitative estimate of drug-likeness (QED) is 0.683. The number of esters is 2. The van der Waals surface area contributed by atoms with Gasteiger partial charge in [0.25, 0.3) is 0 Å². The molecule has 1 spiro atoms. The maximum atomic E-state index is 12.5. The number of fused-ring (bicyclic) bond motifs is 3. The lowest BCUT2D eigenvalue weighted by atomic mass is 9.44. The van der Waals surface area contributed by atoms with Gasteiger partial charge in [0.15, 0.2) is 0 Å². The molecule has 0 aromatic heterocycles. The van der Waals surface area contributed by atoms with Crippen LogP contribution < -0.4 is 0 Å². The van der Waals surface area contributed by atoms with Crippen molar-refractivity contribution in [3.63, 3.8) is 0 Å². The van der Waals surface area contributed by atoms with E-state index in [0.717, 1.165) is 44.9 Å². The number of methoxy groups -OCH3 is 1. The first kappa shape index (κ1) is 16.4. The molecule has 1 saturated heterocycles. The van der Waals surface area contributed by atoms with Crippen molar-refractivity contribution in [3.05, 3.63) is 0 Å². The summed E-state index contributed by atoms with van der Waals surface area (Å²) in [5.41, 5.74) is -0.466. The molecule has 0 radical (unpaired) electrons. The second-order valence-electron chi connectivity index (χ2n) is 9.40. The molecule has 24 heavy (non-hydrogen) atoms. The van der Waals surface area contributed by atoms with Crippen molar-refractivity contribution in [1.82, 2.24) is 0 Å². The minimum absolute atomic E-state index is 0.00145. The van der Waals surface area contributed by atoms with Crippen LogP contribution in [0, 0.1) is 28.6 Å². The molecule has 0 amide bonds. The number of hydrogen-bond donors (Lipinski definition) is 0. The van der Waals surface area contributed by atoms with Gasteiger partial charge in [0.2, 0.25) is 0 Å². The lowest BCUT2D eigenvalue weighted by Gasteiger charge is -2.62. The van der Waals surface area contributed by atoms with Crippen LogP contribution in [0.5, 0.6) is 0 Å². The number of carbonyl (C=O) groups excluding carboxylic acids is 2. The van der Waals surface area contributed by atoms with Crippen molar-refractivity contribution >= 4 is 11.9 Å². The van der Waals surface area contributed by atoms with E-state index in [1.807, 2.05) is 0 Å². The Balaban J connectivity index is 1.67. The van der Waals surface area contributed by atoms with Crippen LogP contribution in [0.1, 0.15) is 71.6 Å². The van der Waals surface area contributed by atoms with Crippen LogP contribution in [-0.2, 0) is 19.1 Å². The van der Waals surface area contributed by atoms with E-state index in [9.17, 15) is 9.59 Å². The Morgan fingerprint density at radius 1 is 1.12 bits per heavy atom. The molecule has 134 valence electrons. The third-order valence-corrected chi connectivity index (χ3v) is 8.04. The molecule has 4 nitrogen and oxygen atoms in total. The summed E-state index contributed by atoms with van der Waals surface area (Å²) in [5, 5.41) is 0. The van der Waals surface area contributed by atoms with Crippen LogP contribution in [0.25, 0.3) is 0 Å². The number of carbonyl (C=O) groups is 2. The van der Waals surface area contributed by atoms with Gasteiger partial charge in [-0.3, -0.25) is 9.59 Å². The van der Waals surface area contributed by atoms with E-state index < -0.39 is 0 Å². The zero-order valence-electron chi connectivity index (χ0n) is 15.2. The van der Waals surface area contributed by atoms with Crippen LogP contribution in [0.4, 0.5) is 0 Å². The van der Waals surface area contributed by atoms with Crippen LogP contribution in [0.15, 0.2) is 0 Å². The molecular formula is C20H30O4. The van der Waals surface area contributed by atoms with E-state index in [-0.39, 0.29) is 28.4 Å². The van der Waals surface area contributed by atoms with Gasteiger partial charge in [0, 0.05) is 0 Å². The Kier molecular flexibility index (Phi) is 3.57. The average Bonchev–Trinajstić information content (AvgIpc) is 2.51. The standard InChI is InChI=1S/C20H30O4/c1-18-9-6-15-13-5-4-8-19(2,17(22)23-3)14(13)7-10-20(15,12-18)11-16(21)24-18/h13-15H,4-12H2,1-3H3/t13?,14-,15-,18-,19+,20-/m0/s1. The molecule has 4 aliphatic rings. The van der Waals surface area contributed by atoms with Crippen molar-refractivity contribution in [3.8, 4) is 0 Å². The molecular weight excluding hydrogens is 304 g/mol. The molecule has 2 bridgehead atoms. The molecule has 1 aliphatic heterocycles. The van der Waals surface area contributed by atoms with Crippen molar-refractivity contribution in [2.45, 2.75) is 77.2 Å². The third kappa shape index (κ3) is 2.17. The van der Waals surface area contributed by atoms with Crippen LogP contribution in [0.2, 0.25) is 0 Å². The smallest absolute Gasteiger partial charge is 0.311 e. The van der Waals surface area contributed by atoms with E-state index in [2.05, 4.69) is 13.8 Å². The largest absolute Gasteiger partial charge is 0.469 e. The molecule has 0 aromatic carbocycles. The van der Waals surface area contributed by atoms with E-state index in [1.165, 1.54) is 13.5 Å². The molecule has 6 atom stereocenters. The Bertz CT molecular complexity index is 572. The summed E-state index contributed by atoms with van der Waals surface area (Å²) in [6, 6.07) is 0. The second-order valence-corrected chi connectivity index (χ2v) is 9.40. The summed E-state index contributed by atoms with van der Waals surface area (Å²) in [5.74, 6) is 1.51. The molecule has 3 aliphatic carbocycles. The van der Waals surface area contributed by atoms with E-state index >= 15 is 0 Å². The van der Waals surface area contributed by atoms with Gasteiger partial charge in [-0.05, 0) is 82.0 Å². The molecule has 1 heterocycles. The molecule has 4 heteroatoms. The van der Waals surface area contributed by atoms with E-state index in [0.29, 0.717) is 24.2 Å². The van der Waals surface area contributed by atoms with Crippen LogP contribution >= 0.6 is 0 Å². The molecule has 0 aromatic rings. The Morgan fingerprint density at radius 3 is 2.62 bits per heavy atom. The van der Waals surface area contributed by atoms with Gasteiger partial charge < -0.3 is 9.47 Å². The summed E-state index contributed by atoms with van der Waals surface area (Å²) in [4.78, 5) is 24.8. The van der Waals surface area contributed by atoms with Gasteiger partial charge in [-0.2, -0.15) is 0 Å². The Hall–Kier alpha value is -1.06. The van der Waals surface area contributed by atoms with Gasteiger partial charge in [-0.25, -0.2) is 0 Å². The Labute approximate surface area is 144 Å². The minimum atomic E-state index is -0.338. The maximum absolute atomic E-state index is 12.5. The predicted octanol–water partition coefficient (Wildman–Crippen LogP) is 3.87. The van der Waals surface area contributed by atoms with E-state index in [4.69, 9.17) is 9.47 Å². The fraction of sp³-hybridized carbons (Fsp3) is 0.900. The molecule has 4 fully saturated rings. The SMILES string of the molecule is COC(=O)[C@]1(C)CCCC2[C@@H]3CC[C@@]4(C)C[C@]3(CC[C@@H]21)CC(=O)O4. The maximum Gasteiger partial charge on any atom is 0.311 e. The summed E-state index contributed by atoms with van der Waals surface area (Å²) in [6.45, 7) is 4.24. The summed E-state index contributed by atoms with van der Waals surface area (Å²) in [6.07, 6.45) is 9.09. The van der Waals surface area contributed by atoms with Gasteiger partial charge in [0.1, 0.15) is 5.60 Å². The van der Waals surface area contributed by atoms with Crippen molar-refractivity contribution in [1.29, 1.82) is 0 Å². The average molecular weight is 334 g/mol. The summed E-state index contributed by atoms with van der Waals surface area (Å²) < 4.78 is 10.9. The Morgan fingerprint density at radius 2 is 1.88 bits per heavy atom. The number of hydrogen-bond acceptors (Lipinski definition) is 4. The highest BCUT2D eigenvalue weighted by molar-refractivity contribution is 5.77. The topological polar surface area (TPSA) is 52.6 Å². The lowest BCUT2D eigenvalue weighted by molar-refractivity contribution is -0.213. The summed E-state index contributed by atoms with van der Waals surface area (Å²) >= 11 is 0. The van der Waals surface area contributed by atoms with Crippen molar-refractivity contribution in [2.24, 2.45) is 28.6 Å². The molecule has 0 N–H and O–H groups in total. The van der Waals surface area contributed by atoms with Crippen molar-refractivity contribution < 1.29 is 19.1 Å². The van der Waals surface area contributed by atoms with Crippen molar-refractivity contribution in [2.75, 3.05) is 7.11 Å². The van der Waals surface area contributed by atoms with Crippen LogP contribution in [0.3, 0.4) is 0 Å². The van der Waals surface area contributed by atoms with E-state index in [1.54, 1.807) is 0 Å². The fourth-order valence-electron chi connectivity index (χ4n) is 7.15. The van der Waals surface area contributed by atoms with Crippen LogP contribution in [-0.4, -0.2) is 24.6 Å². The predicted molar refractivity (Wildman–Crippen MR) is 89.1 cm³/mol. The highest BCUT2D eigenvalue weighted by atomic mass is 16.6. The minimum Gasteiger partial charge on any atom is -0.469 e.